The number of aromatic nitrogens is 4. The van der Waals surface area contributed by atoms with Crippen LogP contribution in [0.4, 0.5) is 23.0 Å². The van der Waals surface area contributed by atoms with Crippen LogP contribution in [-0.2, 0) is 4.79 Å². The number of nitrogens with zero attached hydrogens (tertiary/aromatic N) is 5. The quantitative estimate of drug-likeness (QED) is 0.467. The molecule has 2 aromatic heterocycles. The standard InChI is InChI=1S/C25H25N7O/c33-25(28-20-4-2-1-3-5-20)19-12-15-31(16-13-19)24-11-10-23(29-30-24)27-21-6-8-22(9-7-21)32-17-14-26-18-32/h1-11,14,17-19H,12-13,15-16H2,(H,27,29)(H,28,33). The molecule has 3 heterocycles. The zero-order chi connectivity index (χ0) is 22.5. The largest absolute Gasteiger partial charge is 0.355 e. The summed E-state index contributed by atoms with van der Waals surface area (Å²) in [6.07, 6.45) is 7.02. The van der Waals surface area contributed by atoms with Crippen molar-refractivity contribution in [3.05, 3.63) is 85.5 Å². The number of hydrogen-bond acceptors (Lipinski definition) is 6. The summed E-state index contributed by atoms with van der Waals surface area (Å²) in [5, 5.41) is 15.0. The maximum Gasteiger partial charge on any atom is 0.227 e. The number of para-hydroxylation sites is 1. The lowest BCUT2D eigenvalue weighted by molar-refractivity contribution is -0.120. The number of imidazole rings is 1. The summed E-state index contributed by atoms with van der Waals surface area (Å²) in [6.45, 7) is 1.56. The number of hydrogen-bond donors (Lipinski definition) is 2. The van der Waals surface area contributed by atoms with Gasteiger partial charge < -0.3 is 20.1 Å². The Kier molecular flexibility index (Phi) is 5.97. The number of amides is 1. The molecule has 1 fully saturated rings. The fraction of sp³-hybridized carbons (Fsp3) is 0.200. The van der Waals surface area contributed by atoms with Crippen LogP contribution in [0.3, 0.4) is 0 Å². The van der Waals surface area contributed by atoms with Crippen LogP contribution in [0.1, 0.15) is 12.8 Å². The number of nitrogens with one attached hydrogen (secondary N) is 2. The van der Waals surface area contributed by atoms with Crippen LogP contribution in [0, 0.1) is 5.92 Å². The minimum absolute atomic E-state index is 0.0145. The Balaban J connectivity index is 1.14. The predicted molar refractivity (Wildman–Crippen MR) is 129 cm³/mol. The van der Waals surface area contributed by atoms with E-state index in [1.807, 2.05) is 77.5 Å². The first kappa shape index (κ1) is 20.7. The van der Waals surface area contributed by atoms with E-state index in [0.29, 0.717) is 5.82 Å². The number of benzene rings is 2. The van der Waals surface area contributed by atoms with E-state index in [4.69, 9.17) is 0 Å². The van der Waals surface area contributed by atoms with Crippen molar-refractivity contribution in [1.29, 1.82) is 0 Å². The Hall–Kier alpha value is -4.20. The van der Waals surface area contributed by atoms with E-state index in [-0.39, 0.29) is 11.8 Å². The Bertz CT molecular complexity index is 1170. The van der Waals surface area contributed by atoms with E-state index < -0.39 is 0 Å². The molecule has 0 atom stereocenters. The Labute approximate surface area is 192 Å². The lowest BCUT2D eigenvalue weighted by Crippen LogP contribution is -2.38. The molecule has 0 aliphatic carbocycles. The zero-order valence-corrected chi connectivity index (χ0v) is 18.1. The molecule has 166 valence electrons. The van der Waals surface area contributed by atoms with Crippen molar-refractivity contribution in [1.82, 2.24) is 19.7 Å². The summed E-state index contributed by atoms with van der Waals surface area (Å²) in [5.41, 5.74) is 2.82. The minimum Gasteiger partial charge on any atom is -0.355 e. The molecule has 5 rings (SSSR count). The molecule has 0 saturated carbocycles. The molecular weight excluding hydrogens is 414 g/mol. The van der Waals surface area contributed by atoms with Crippen molar-refractivity contribution in [2.75, 3.05) is 28.6 Å². The molecule has 0 spiro atoms. The van der Waals surface area contributed by atoms with Crippen molar-refractivity contribution >= 4 is 28.9 Å². The van der Waals surface area contributed by atoms with Crippen molar-refractivity contribution in [3.63, 3.8) is 0 Å². The van der Waals surface area contributed by atoms with Gasteiger partial charge in [0, 0.05) is 48.5 Å². The van der Waals surface area contributed by atoms with Gasteiger partial charge in [-0.25, -0.2) is 4.98 Å². The maximum absolute atomic E-state index is 12.5. The fourth-order valence-electron chi connectivity index (χ4n) is 3.97. The second kappa shape index (κ2) is 9.52. The van der Waals surface area contributed by atoms with Gasteiger partial charge in [0.05, 0.1) is 6.33 Å². The molecule has 1 aliphatic rings. The summed E-state index contributed by atoms with van der Waals surface area (Å²) in [6, 6.07) is 21.5. The highest BCUT2D eigenvalue weighted by atomic mass is 16.1. The molecule has 0 radical (unpaired) electrons. The molecule has 1 amide bonds. The van der Waals surface area contributed by atoms with Gasteiger partial charge in [-0.05, 0) is 61.4 Å². The maximum atomic E-state index is 12.5. The number of piperidine rings is 1. The summed E-state index contributed by atoms with van der Waals surface area (Å²) >= 11 is 0. The van der Waals surface area contributed by atoms with Gasteiger partial charge >= 0.3 is 0 Å². The first-order chi connectivity index (χ1) is 16.2. The molecule has 4 aromatic rings. The van der Waals surface area contributed by atoms with Crippen molar-refractivity contribution < 1.29 is 4.79 Å². The highest BCUT2D eigenvalue weighted by Crippen LogP contribution is 2.24. The average molecular weight is 440 g/mol. The summed E-state index contributed by atoms with van der Waals surface area (Å²) in [5.74, 6) is 1.62. The van der Waals surface area contributed by atoms with Crippen molar-refractivity contribution in [2.24, 2.45) is 5.92 Å². The van der Waals surface area contributed by atoms with E-state index in [1.54, 1.807) is 12.5 Å². The molecule has 2 N–H and O–H groups in total. The topological polar surface area (TPSA) is 88.0 Å². The van der Waals surface area contributed by atoms with Crippen LogP contribution in [0.15, 0.2) is 85.5 Å². The Morgan fingerprint density at radius 2 is 1.67 bits per heavy atom. The molecular formula is C25H25N7O. The molecule has 0 unspecified atom stereocenters. The third kappa shape index (κ3) is 5.01. The zero-order valence-electron chi connectivity index (χ0n) is 18.1. The second-order valence-electron chi connectivity index (χ2n) is 8.04. The molecule has 1 aliphatic heterocycles. The highest BCUT2D eigenvalue weighted by molar-refractivity contribution is 5.92. The number of anilines is 4. The van der Waals surface area contributed by atoms with Crippen LogP contribution < -0.4 is 15.5 Å². The molecule has 0 bridgehead atoms. The van der Waals surface area contributed by atoms with Gasteiger partial charge in [-0.15, -0.1) is 10.2 Å². The van der Waals surface area contributed by atoms with E-state index in [0.717, 1.165) is 48.8 Å². The smallest absolute Gasteiger partial charge is 0.227 e. The van der Waals surface area contributed by atoms with Crippen LogP contribution >= 0.6 is 0 Å². The van der Waals surface area contributed by atoms with E-state index in [2.05, 4.69) is 30.7 Å². The molecule has 2 aromatic carbocycles. The van der Waals surface area contributed by atoms with Crippen molar-refractivity contribution in [2.45, 2.75) is 12.8 Å². The summed E-state index contributed by atoms with van der Waals surface area (Å²) < 4.78 is 1.95. The fourth-order valence-corrected chi connectivity index (χ4v) is 3.97. The van der Waals surface area contributed by atoms with Crippen LogP contribution in [0.2, 0.25) is 0 Å². The van der Waals surface area contributed by atoms with Gasteiger partial charge in [0.15, 0.2) is 11.6 Å². The van der Waals surface area contributed by atoms with Crippen LogP contribution in [-0.4, -0.2) is 38.7 Å². The van der Waals surface area contributed by atoms with Gasteiger partial charge in [0.25, 0.3) is 0 Å². The number of carbonyl (C=O) groups is 1. The van der Waals surface area contributed by atoms with E-state index >= 15 is 0 Å². The monoisotopic (exact) mass is 439 g/mol. The lowest BCUT2D eigenvalue weighted by Gasteiger charge is -2.31. The number of carbonyl (C=O) groups excluding carboxylic acids is 1. The second-order valence-corrected chi connectivity index (χ2v) is 8.04. The van der Waals surface area contributed by atoms with E-state index in [9.17, 15) is 4.79 Å². The third-order valence-corrected chi connectivity index (χ3v) is 5.82. The highest BCUT2D eigenvalue weighted by Gasteiger charge is 2.25. The molecule has 8 heteroatoms. The summed E-state index contributed by atoms with van der Waals surface area (Å²) in [7, 11) is 0. The SMILES string of the molecule is O=C(Nc1ccccc1)C1CCN(c2ccc(Nc3ccc(-n4ccnc4)cc3)nn2)CC1. The van der Waals surface area contributed by atoms with Gasteiger partial charge in [-0.1, -0.05) is 18.2 Å². The Morgan fingerprint density at radius 1 is 0.879 bits per heavy atom. The average Bonchev–Trinajstić information content (AvgIpc) is 3.41. The van der Waals surface area contributed by atoms with Crippen LogP contribution in [0.5, 0.6) is 0 Å². The normalized spacial score (nSPS) is 14.1. The van der Waals surface area contributed by atoms with E-state index in [1.165, 1.54) is 0 Å². The predicted octanol–water partition coefficient (Wildman–Crippen LogP) is 4.26. The Morgan fingerprint density at radius 3 is 2.33 bits per heavy atom. The van der Waals surface area contributed by atoms with Crippen molar-refractivity contribution in [3.8, 4) is 5.69 Å². The molecule has 8 nitrogen and oxygen atoms in total. The first-order valence-corrected chi connectivity index (χ1v) is 11.0. The minimum atomic E-state index is 0.0145. The van der Waals surface area contributed by atoms with Crippen LogP contribution in [0.25, 0.3) is 5.69 Å². The molecule has 33 heavy (non-hydrogen) atoms. The molecule has 1 saturated heterocycles. The van der Waals surface area contributed by atoms with Gasteiger partial charge in [0.2, 0.25) is 5.91 Å². The van der Waals surface area contributed by atoms with Gasteiger partial charge in [0.1, 0.15) is 0 Å². The van der Waals surface area contributed by atoms with Gasteiger partial charge in [-0.2, -0.15) is 0 Å². The summed E-state index contributed by atoms with van der Waals surface area (Å²) in [4.78, 5) is 18.8. The third-order valence-electron chi connectivity index (χ3n) is 5.82. The lowest BCUT2D eigenvalue weighted by atomic mass is 9.96. The van der Waals surface area contributed by atoms with Gasteiger partial charge in [-0.3, -0.25) is 4.79 Å². The number of rotatable bonds is 6. The first-order valence-electron chi connectivity index (χ1n) is 11.0.